The van der Waals surface area contributed by atoms with Crippen LogP contribution in [0.2, 0.25) is 0 Å². The van der Waals surface area contributed by atoms with Gasteiger partial charge in [0.05, 0.1) is 41.5 Å². The maximum absolute atomic E-state index is 14.2. The van der Waals surface area contributed by atoms with Crippen molar-refractivity contribution in [1.29, 1.82) is 0 Å². The van der Waals surface area contributed by atoms with Gasteiger partial charge in [-0.15, -0.1) is 0 Å². The molecule has 18 atom stereocenters. The first-order chi connectivity index (χ1) is 23.5. The minimum atomic E-state index is -1.80. The normalized spacial score (nSPS) is 50.2. The third-order valence-corrected chi connectivity index (χ3v) is 11.9. The van der Waals surface area contributed by atoms with E-state index in [1.54, 1.807) is 48.6 Å². The number of nitrogens with zero attached hydrogens (tertiary/aromatic N) is 1. The molecule has 0 bridgehead atoms. The first kappa shape index (κ1) is 44.4. The molecule has 0 amide bonds. The lowest BCUT2D eigenvalue weighted by molar-refractivity contribution is -0.316. The first-order valence-electron chi connectivity index (χ1n) is 18.8. The number of hydrogen-bond acceptors (Lipinski definition) is 14. The molecule has 14 heteroatoms. The fraction of sp³-hybridized carbons (Fsp3) is 0.973. The van der Waals surface area contributed by atoms with E-state index in [4.69, 9.17) is 28.4 Å². The molecule has 10 unspecified atom stereocenters. The number of methoxy groups -OCH3 is 1. The molecule has 51 heavy (non-hydrogen) atoms. The highest BCUT2D eigenvalue weighted by Crippen LogP contribution is 2.40. The third kappa shape index (κ3) is 10.0. The van der Waals surface area contributed by atoms with Crippen LogP contribution in [0.5, 0.6) is 0 Å². The summed E-state index contributed by atoms with van der Waals surface area (Å²) in [6.07, 6.45) is -8.24. The second kappa shape index (κ2) is 17.6. The maximum atomic E-state index is 14.2. The van der Waals surface area contributed by atoms with Crippen molar-refractivity contribution >= 4 is 5.97 Å². The molecule has 3 aliphatic rings. The first-order valence-corrected chi connectivity index (χ1v) is 18.8. The summed E-state index contributed by atoms with van der Waals surface area (Å²) in [5.41, 5.74) is -4.37. The monoisotopic (exact) mass is 734 g/mol. The molecule has 300 valence electrons. The van der Waals surface area contributed by atoms with Crippen molar-refractivity contribution < 1.29 is 58.7 Å². The lowest BCUT2D eigenvalue weighted by Gasteiger charge is -2.48. The number of likely N-dealkylation sites (N-methyl/N-ethyl adjacent to an activating group) is 2. The molecule has 3 aliphatic heterocycles. The maximum Gasteiger partial charge on any atom is 0.311 e. The highest BCUT2D eigenvalue weighted by Gasteiger charge is 2.52. The van der Waals surface area contributed by atoms with E-state index in [1.807, 2.05) is 32.7 Å². The Hall–Kier alpha value is -1.01. The molecule has 3 rings (SSSR count). The molecule has 6 N–H and O–H groups in total. The largest absolute Gasteiger partial charge is 0.459 e. The number of rotatable bonds is 7. The van der Waals surface area contributed by atoms with E-state index >= 15 is 0 Å². The Kier molecular flexibility index (Phi) is 15.3. The summed E-state index contributed by atoms with van der Waals surface area (Å²) in [7, 11) is 5.10. The van der Waals surface area contributed by atoms with Gasteiger partial charge in [0.1, 0.15) is 30.0 Å². The number of ether oxygens (including phenoxy) is 6. The van der Waals surface area contributed by atoms with E-state index in [9.17, 15) is 30.3 Å². The lowest BCUT2D eigenvalue weighted by Crippen LogP contribution is -2.60. The van der Waals surface area contributed by atoms with E-state index in [2.05, 4.69) is 5.32 Å². The Morgan fingerprint density at radius 1 is 0.961 bits per heavy atom. The summed E-state index contributed by atoms with van der Waals surface area (Å²) in [4.78, 5) is 16.1. The van der Waals surface area contributed by atoms with Crippen LogP contribution in [0.3, 0.4) is 0 Å². The fourth-order valence-corrected chi connectivity index (χ4v) is 8.53. The standard InChI is InChI=1S/C37H70N2O12/c1-14-26-37(10,45)30(41)23(6)39(12)18-19(2)16-35(8,44)32(51-34-28(40)25(38-11)15-20(3)47-34)21(4)29(22(5)33(43)49-26)50-27-17-36(9,46-13)31(42)24(7)48-27/h19-32,34,38,40-42,44-45H,14-18H2,1-13H3/t19?,20-,21?,22?,23?,24+,25+,26?,27-,28-,29?,30?,31+,32?,34+,35?,36-,37?/m1/s1. The summed E-state index contributed by atoms with van der Waals surface area (Å²) in [5, 5.41) is 61.0. The minimum Gasteiger partial charge on any atom is -0.459 e. The number of carbonyl (C=O) groups is 1. The van der Waals surface area contributed by atoms with Crippen LogP contribution >= 0.6 is 0 Å². The van der Waals surface area contributed by atoms with Gasteiger partial charge in [-0.05, 0) is 87.7 Å². The zero-order valence-corrected chi connectivity index (χ0v) is 33.2. The highest BCUT2D eigenvalue weighted by molar-refractivity contribution is 5.73. The molecular weight excluding hydrogens is 664 g/mol. The van der Waals surface area contributed by atoms with Gasteiger partial charge >= 0.3 is 5.97 Å². The molecule has 3 heterocycles. The number of nitrogens with one attached hydrogen (secondary N) is 1. The number of aliphatic hydroxyl groups is 5. The van der Waals surface area contributed by atoms with Gasteiger partial charge in [-0.3, -0.25) is 4.79 Å². The summed E-state index contributed by atoms with van der Waals surface area (Å²) in [6.45, 7) is 18.0. The van der Waals surface area contributed by atoms with Crippen LogP contribution < -0.4 is 5.32 Å². The Morgan fingerprint density at radius 3 is 2.16 bits per heavy atom. The molecule has 3 fully saturated rings. The van der Waals surface area contributed by atoms with Crippen molar-refractivity contribution in [3.8, 4) is 0 Å². The number of carbonyl (C=O) groups excluding carboxylic acids is 1. The lowest BCUT2D eigenvalue weighted by atomic mass is 9.77. The Morgan fingerprint density at radius 2 is 1.59 bits per heavy atom. The van der Waals surface area contributed by atoms with Crippen molar-refractivity contribution in [1.82, 2.24) is 10.2 Å². The summed E-state index contributed by atoms with van der Waals surface area (Å²) >= 11 is 0. The average Bonchev–Trinajstić information content (AvgIpc) is 3.05. The van der Waals surface area contributed by atoms with Gasteiger partial charge in [0.2, 0.25) is 0 Å². The molecule has 0 aromatic heterocycles. The quantitative estimate of drug-likeness (QED) is 0.207. The summed E-state index contributed by atoms with van der Waals surface area (Å²) in [6, 6.07) is -0.858. The van der Waals surface area contributed by atoms with E-state index in [1.165, 1.54) is 14.0 Å². The van der Waals surface area contributed by atoms with Crippen LogP contribution in [0.4, 0.5) is 0 Å². The molecular formula is C37H70N2O12. The molecule has 0 radical (unpaired) electrons. The van der Waals surface area contributed by atoms with Crippen molar-refractivity contribution in [2.24, 2.45) is 17.8 Å². The van der Waals surface area contributed by atoms with Crippen molar-refractivity contribution in [3.05, 3.63) is 0 Å². The Balaban J connectivity index is 2.16. The van der Waals surface area contributed by atoms with Gasteiger partial charge in [-0.25, -0.2) is 0 Å². The van der Waals surface area contributed by atoms with Crippen LogP contribution in [0, 0.1) is 17.8 Å². The number of aliphatic hydroxyl groups excluding tert-OH is 3. The van der Waals surface area contributed by atoms with Gasteiger partial charge in [0.25, 0.3) is 0 Å². The minimum absolute atomic E-state index is 0.132. The predicted octanol–water partition coefficient (Wildman–Crippen LogP) is 1.56. The van der Waals surface area contributed by atoms with E-state index in [0.717, 1.165) is 0 Å². The number of esters is 1. The van der Waals surface area contributed by atoms with Crippen LogP contribution in [0.1, 0.15) is 94.9 Å². The van der Waals surface area contributed by atoms with Crippen molar-refractivity contribution in [2.45, 2.75) is 185 Å². The van der Waals surface area contributed by atoms with Gasteiger partial charge in [-0.1, -0.05) is 20.8 Å². The molecule has 0 aromatic rings. The summed E-state index contributed by atoms with van der Waals surface area (Å²) < 4.78 is 37.3. The Bertz CT molecular complexity index is 1110. The van der Waals surface area contributed by atoms with Gasteiger partial charge in [-0.2, -0.15) is 0 Å². The third-order valence-electron chi connectivity index (χ3n) is 11.9. The fourth-order valence-electron chi connectivity index (χ4n) is 8.53. The molecule has 14 nitrogen and oxygen atoms in total. The second-order valence-electron chi connectivity index (χ2n) is 16.5. The smallest absolute Gasteiger partial charge is 0.311 e. The van der Waals surface area contributed by atoms with Crippen LogP contribution in [0.15, 0.2) is 0 Å². The van der Waals surface area contributed by atoms with Crippen LogP contribution in [-0.4, -0.2) is 154 Å². The zero-order valence-electron chi connectivity index (χ0n) is 33.2. The average molecular weight is 735 g/mol. The SMILES string of the molecule is CCC1OC(=O)C(C)C(O[C@@H]2C[C@@](C)(OC)[C@@H](O)[C@H](C)O2)C(C)C(O[C@@H]2O[C@H](C)C[C@H](NC)[C@H]2O)C(C)(O)CC(C)CN(C)C(C)C(O)C1(C)O. The second-order valence-corrected chi connectivity index (χ2v) is 16.5. The molecule has 0 saturated carbocycles. The van der Waals surface area contributed by atoms with Crippen molar-refractivity contribution in [3.63, 3.8) is 0 Å². The van der Waals surface area contributed by atoms with Crippen LogP contribution in [0.25, 0.3) is 0 Å². The predicted molar refractivity (Wildman–Crippen MR) is 190 cm³/mol. The zero-order chi connectivity index (χ0) is 38.8. The molecule has 3 saturated heterocycles. The number of hydrogen-bond donors (Lipinski definition) is 6. The Labute approximate surface area is 305 Å². The van der Waals surface area contributed by atoms with Gasteiger partial charge < -0.3 is 64.2 Å². The van der Waals surface area contributed by atoms with E-state index < -0.39 is 96.0 Å². The highest BCUT2D eigenvalue weighted by atomic mass is 16.7. The molecule has 0 spiro atoms. The van der Waals surface area contributed by atoms with Gasteiger partial charge in [0, 0.05) is 38.1 Å². The number of cyclic esters (lactones) is 1. The van der Waals surface area contributed by atoms with Gasteiger partial charge in [0.15, 0.2) is 12.6 Å². The van der Waals surface area contributed by atoms with E-state index in [0.29, 0.717) is 13.0 Å². The topological polar surface area (TPSA) is 189 Å². The molecule has 0 aliphatic carbocycles. The van der Waals surface area contributed by atoms with Crippen molar-refractivity contribution in [2.75, 3.05) is 27.7 Å². The summed E-state index contributed by atoms with van der Waals surface area (Å²) in [5.74, 6) is -2.59. The van der Waals surface area contributed by atoms with Crippen LogP contribution in [-0.2, 0) is 33.2 Å². The van der Waals surface area contributed by atoms with E-state index in [-0.39, 0.29) is 37.3 Å². The molecule has 0 aromatic carbocycles.